The van der Waals surface area contributed by atoms with Crippen molar-refractivity contribution in [3.05, 3.63) is 118 Å². The molecule has 2 atom stereocenters. The minimum Gasteiger partial charge on any atom is -0.467 e. The zero-order valence-electron chi connectivity index (χ0n) is 21.1. The van der Waals surface area contributed by atoms with Crippen molar-refractivity contribution in [1.82, 2.24) is 9.88 Å². The standard InChI is InChI=1S/C30H27FN4O4/c31-23-9-6-20(7-10-23)30(38)33-25-14-21(29(37)32-15-24-3-2-12-39-24)8-11-27(25)34-16-19-13-22(18-34)26-4-1-5-28(36)35(26)17-19/h1-12,14,19,22H,13,15-18H2,(H,32,37)(H,33,38)/t19-,22-/m1/s1. The van der Waals surface area contributed by atoms with Crippen molar-refractivity contribution in [2.45, 2.75) is 25.4 Å². The minimum atomic E-state index is -0.429. The van der Waals surface area contributed by atoms with Crippen molar-refractivity contribution in [3.8, 4) is 0 Å². The van der Waals surface area contributed by atoms with E-state index in [0.29, 0.717) is 42.2 Å². The summed E-state index contributed by atoms with van der Waals surface area (Å²) in [6, 6.07) is 19.5. The van der Waals surface area contributed by atoms with Gasteiger partial charge in [-0.15, -0.1) is 0 Å². The molecule has 2 aliphatic rings. The van der Waals surface area contributed by atoms with Gasteiger partial charge in [0.25, 0.3) is 17.4 Å². The lowest BCUT2D eigenvalue weighted by Crippen LogP contribution is -2.47. The van der Waals surface area contributed by atoms with E-state index in [1.54, 1.807) is 42.7 Å². The average molecular weight is 527 g/mol. The Morgan fingerprint density at radius 1 is 0.923 bits per heavy atom. The third kappa shape index (κ3) is 5.07. The smallest absolute Gasteiger partial charge is 0.255 e. The van der Waals surface area contributed by atoms with Crippen LogP contribution in [0.5, 0.6) is 0 Å². The number of nitrogens with one attached hydrogen (secondary N) is 2. The lowest BCUT2D eigenvalue weighted by Gasteiger charge is -2.44. The Morgan fingerprint density at radius 3 is 2.54 bits per heavy atom. The molecule has 2 N–H and O–H groups in total. The number of pyridine rings is 1. The summed E-state index contributed by atoms with van der Waals surface area (Å²) in [7, 11) is 0. The van der Waals surface area contributed by atoms with E-state index < -0.39 is 11.7 Å². The molecule has 2 bridgehead atoms. The molecule has 198 valence electrons. The molecular weight excluding hydrogens is 499 g/mol. The summed E-state index contributed by atoms with van der Waals surface area (Å²) < 4.78 is 20.6. The van der Waals surface area contributed by atoms with E-state index in [4.69, 9.17) is 4.42 Å². The van der Waals surface area contributed by atoms with Gasteiger partial charge in [-0.3, -0.25) is 14.4 Å². The van der Waals surface area contributed by atoms with Gasteiger partial charge in [-0.25, -0.2) is 4.39 Å². The highest BCUT2D eigenvalue weighted by Crippen LogP contribution is 2.39. The first-order chi connectivity index (χ1) is 18.9. The molecular formula is C30H27FN4O4. The summed E-state index contributed by atoms with van der Waals surface area (Å²) in [6.45, 7) is 2.26. The molecule has 4 heterocycles. The molecule has 9 heteroatoms. The van der Waals surface area contributed by atoms with Crippen molar-refractivity contribution in [2.75, 3.05) is 23.3 Å². The van der Waals surface area contributed by atoms with Crippen LogP contribution >= 0.6 is 0 Å². The number of fused-ring (bicyclic) bond motifs is 4. The highest BCUT2D eigenvalue weighted by atomic mass is 19.1. The predicted octanol–water partition coefficient (Wildman–Crippen LogP) is 4.39. The molecule has 0 saturated carbocycles. The van der Waals surface area contributed by atoms with E-state index >= 15 is 0 Å². The van der Waals surface area contributed by atoms with Crippen LogP contribution in [0.2, 0.25) is 0 Å². The van der Waals surface area contributed by atoms with Gasteiger partial charge in [0.1, 0.15) is 11.6 Å². The fourth-order valence-electron chi connectivity index (χ4n) is 5.62. The molecule has 2 aliphatic heterocycles. The average Bonchev–Trinajstić information content (AvgIpc) is 3.46. The second-order valence-corrected chi connectivity index (χ2v) is 10.1. The maximum Gasteiger partial charge on any atom is 0.255 e. The Labute approximate surface area is 224 Å². The number of carbonyl (C=O) groups is 2. The Hall–Kier alpha value is -4.66. The number of rotatable bonds is 6. The summed E-state index contributed by atoms with van der Waals surface area (Å²) in [5, 5.41) is 5.78. The second kappa shape index (κ2) is 10.2. The SMILES string of the molecule is O=C(NCc1ccco1)c1ccc(N2C[C@H]3C[C@H](C2)c2cccc(=O)n2C3)c(NC(=O)c2ccc(F)cc2)c1. The topological polar surface area (TPSA) is 96.6 Å². The number of carbonyl (C=O) groups excluding carboxylic acids is 2. The van der Waals surface area contributed by atoms with Crippen LogP contribution in [0.4, 0.5) is 15.8 Å². The number of anilines is 2. The summed E-state index contributed by atoms with van der Waals surface area (Å²) in [5.74, 6) is -0.0695. The van der Waals surface area contributed by atoms with Gasteiger partial charge in [0.15, 0.2) is 0 Å². The van der Waals surface area contributed by atoms with Gasteiger partial charge >= 0.3 is 0 Å². The largest absolute Gasteiger partial charge is 0.467 e. The van der Waals surface area contributed by atoms with E-state index in [1.807, 2.05) is 16.7 Å². The Balaban J connectivity index is 1.30. The lowest BCUT2D eigenvalue weighted by molar-refractivity contribution is 0.0946. The number of hydrogen-bond donors (Lipinski definition) is 2. The quantitative estimate of drug-likeness (QED) is 0.389. The van der Waals surface area contributed by atoms with Gasteiger partial charge < -0.3 is 24.5 Å². The molecule has 1 saturated heterocycles. The highest BCUT2D eigenvalue weighted by molar-refractivity contribution is 6.07. The van der Waals surface area contributed by atoms with Crippen LogP contribution < -0.4 is 21.1 Å². The molecule has 8 nitrogen and oxygen atoms in total. The van der Waals surface area contributed by atoms with Gasteiger partial charge in [-0.2, -0.15) is 0 Å². The highest BCUT2D eigenvalue weighted by Gasteiger charge is 2.35. The van der Waals surface area contributed by atoms with E-state index in [9.17, 15) is 18.8 Å². The van der Waals surface area contributed by atoms with Crippen LogP contribution in [-0.4, -0.2) is 29.5 Å². The van der Waals surface area contributed by atoms with Gasteiger partial charge in [-0.05, 0) is 73.0 Å². The number of furan rings is 1. The van der Waals surface area contributed by atoms with Crippen LogP contribution in [0, 0.1) is 11.7 Å². The Kier molecular flexibility index (Phi) is 6.48. The van der Waals surface area contributed by atoms with Gasteiger partial charge in [0, 0.05) is 48.4 Å². The lowest BCUT2D eigenvalue weighted by atomic mass is 9.83. The molecule has 4 aromatic rings. The summed E-state index contributed by atoms with van der Waals surface area (Å²) in [4.78, 5) is 40.7. The molecule has 0 radical (unpaired) electrons. The molecule has 39 heavy (non-hydrogen) atoms. The Bertz CT molecular complexity index is 1580. The first kappa shape index (κ1) is 24.7. The fourth-order valence-corrected chi connectivity index (χ4v) is 5.62. The third-order valence-electron chi connectivity index (χ3n) is 7.44. The molecule has 6 rings (SSSR count). The molecule has 0 unspecified atom stereocenters. The maximum atomic E-state index is 13.4. The predicted molar refractivity (Wildman–Crippen MR) is 144 cm³/mol. The minimum absolute atomic E-state index is 0.0211. The summed E-state index contributed by atoms with van der Waals surface area (Å²) in [6.07, 6.45) is 2.53. The molecule has 0 spiro atoms. The number of nitrogens with zero attached hydrogens (tertiary/aromatic N) is 2. The van der Waals surface area contributed by atoms with Crippen LogP contribution in [0.3, 0.4) is 0 Å². The molecule has 2 aromatic carbocycles. The van der Waals surface area contributed by atoms with Crippen LogP contribution in [0.1, 0.15) is 44.5 Å². The number of benzene rings is 2. The number of piperidine rings is 1. The van der Waals surface area contributed by atoms with Crippen molar-refractivity contribution in [3.63, 3.8) is 0 Å². The van der Waals surface area contributed by atoms with E-state index in [1.165, 1.54) is 24.3 Å². The monoisotopic (exact) mass is 526 g/mol. The summed E-state index contributed by atoms with van der Waals surface area (Å²) in [5.41, 5.74) is 3.00. The van der Waals surface area contributed by atoms with E-state index in [2.05, 4.69) is 15.5 Å². The van der Waals surface area contributed by atoms with Crippen LogP contribution in [0.25, 0.3) is 0 Å². The van der Waals surface area contributed by atoms with Crippen molar-refractivity contribution in [1.29, 1.82) is 0 Å². The normalized spacial score (nSPS) is 17.8. The van der Waals surface area contributed by atoms with E-state index in [0.717, 1.165) is 17.8 Å². The maximum absolute atomic E-state index is 13.4. The number of amides is 2. The summed E-state index contributed by atoms with van der Waals surface area (Å²) >= 11 is 0. The van der Waals surface area contributed by atoms with Crippen molar-refractivity contribution in [2.24, 2.45) is 5.92 Å². The molecule has 2 aromatic heterocycles. The van der Waals surface area contributed by atoms with Crippen LogP contribution in [-0.2, 0) is 13.1 Å². The number of hydrogen-bond acceptors (Lipinski definition) is 5. The van der Waals surface area contributed by atoms with Crippen molar-refractivity contribution >= 4 is 23.2 Å². The zero-order chi connectivity index (χ0) is 26.9. The molecule has 1 fully saturated rings. The zero-order valence-corrected chi connectivity index (χ0v) is 21.1. The fraction of sp³-hybridized carbons (Fsp3) is 0.233. The molecule has 2 amide bonds. The molecule has 0 aliphatic carbocycles. The Morgan fingerprint density at radius 2 is 1.74 bits per heavy atom. The van der Waals surface area contributed by atoms with Gasteiger partial charge in [0.2, 0.25) is 0 Å². The van der Waals surface area contributed by atoms with Crippen molar-refractivity contribution < 1.29 is 18.4 Å². The first-order valence-electron chi connectivity index (χ1n) is 12.9. The second-order valence-electron chi connectivity index (χ2n) is 10.1. The van der Waals surface area contributed by atoms with E-state index in [-0.39, 0.29) is 29.8 Å². The van der Waals surface area contributed by atoms with Gasteiger partial charge in [0.05, 0.1) is 24.2 Å². The number of halogens is 1. The first-order valence-corrected chi connectivity index (χ1v) is 12.9. The number of aromatic nitrogens is 1. The van der Waals surface area contributed by atoms with Crippen LogP contribution in [0.15, 0.2) is 88.3 Å². The third-order valence-corrected chi connectivity index (χ3v) is 7.44. The van der Waals surface area contributed by atoms with Gasteiger partial charge in [-0.1, -0.05) is 6.07 Å².